The molecule has 0 amide bonds. The van der Waals surface area contributed by atoms with Crippen molar-refractivity contribution in [2.75, 3.05) is 13.7 Å². The van der Waals surface area contributed by atoms with E-state index in [9.17, 15) is 5.11 Å². The Hall–Kier alpha value is -1.02. The molecule has 1 aromatic carbocycles. The van der Waals surface area contributed by atoms with Crippen molar-refractivity contribution in [2.45, 2.75) is 25.7 Å². The summed E-state index contributed by atoms with van der Waals surface area (Å²) >= 11 is 0. The van der Waals surface area contributed by atoms with Gasteiger partial charge in [0, 0.05) is 6.61 Å². The van der Waals surface area contributed by atoms with Gasteiger partial charge in [0.1, 0.15) is 5.75 Å². The van der Waals surface area contributed by atoms with Gasteiger partial charge < -0.3 is 9.84 Å². The lowest BCUT2D eigenvalue weighted by atomic mass is 9.74. The van der Waals surface area contributed by atoms with Gasteiger partial charge in [0.25, 0.3) is 0 Å². The van der Waals surface area contributed by atoms with Crippen LogP contribution in [0.5, 0.6) is 5.75 Å². The molecule has 2 nitrogen and oxygen atoms in total. The highest BCUT2D eigenvalue weighted by Crippen LogP contribution is 2.36. The number of benzene rings is 1. The van der Waals surface area contributed by atoms with Crippen molar-refractivity contribution in [2.24, 2.45) is 11.8 Å². The first-order chi connectivity index (χ1) is 7.85. The van der Waals surface area contributed by atoms with E-state index >= 15 is 0 Å². The summed E-state index contributed by atoms with van der Waals surface area (Å²) in [5.74, 6) is 2.07. The highest BCUT2D eigenvalue weighted by molar-refractivity contribution is 5.33. The number of hydrogen-bond donors (Lipinski definition) is 1. The van der Waals surface area contributed by atoms with E-state index in [1.165, 1.54) is 24.8 Å². The standard InChI is InChI=1S/C14H20O2/c1-16-14-8-3-2-5-12(14)9-13(10-15)11-6-4-7-11/h2-3,5,8,11,13,15H,4,6-7,9-10H2,1H3. The van der Waals surface area contributed by atoms with Gasteiger partial charge >= 0.3 is 0 Å². The Bertz CT molecular complexity index is 331. The Morgan fingerprint density at radius 1 is 1.38 bits per heavy atom. The van der Waals surface area contributed by atoms with Crippen LogP contribution >= 0.6 is 0 Å². The average Bonchev–Trinajstić information content (AvgIpc) is 2.26. The number of rotatable bonds is 5. The van der Waals surface area contributed by atoms with Crippen molar-refractivity contribution in [1.29, 1.82) is 0 Å². The molecule has 0 aromatic heterocycles. The second-order valence-corrected chi connectivity index (χ2v) is 4.65. The van der Waals surface area contributed by atoms with Gasteiger partial charge in [0.05, 0.1) is 7.11 Å². The van der Waals surface area contributed by atoms with Crippen molar-refractivity contribution in [3.05, 3.63) is 29.8 Å². The van der Waals surface area contributed by atoms with E-state index in [4.69, 9.17) is 4.74 Å². The fraction of sp³-hybridized carbons (Fsp3) is 0.571. The van der Waals surface area contributed by atoms with Crippen molar-refractivity contribution < 1.29 is 9.84 Å². The summed E-state index contributed by atoms with van der Waals surface area (Å²) in [4.78, 5) is 0. The minimum Gasteiger partial charge on any atom is -0.496 e. The first-order valence-corrected chi connectivity index (χ1v) is 6.08. The Kier molecular flexibility index (Phi) is 3.83. The quantitative estimate of drug-likeness (QED) is 0.826. The van der Waals surface area contributed by atoms with E-state index < -0.39 is 0 Å². The number of methoxy groups -OCH3 is 1. The Balaban J connectivity index is 2.05. The first-order valence-electron chi connectivity index (χ1n) is 6.08. The molecule has 88 valence electrons. The fourth-order valence-electron chi connectivity index (χ4n) is 2.45. The first kappa shape index (κ1) is 11.5. The van der Waals surface area contributed by atoms with Crippen LogP contribution in [-0.4, -0.2) is 18.8 Å². The zero-order valence-corrected chi connectivity index (χ0v) is 9.86. The van der Waals surface area contributed by atoms with Crippen LogP contribution in [0.3, 0.4) is 0 Å². The van der Waals surface area contributed by atoms with Crippen LogP contribution in [0.2, 0.25) is 0 Å². The molecule has 0 spiro atoms. The molecule has 1 unspecified atom stereocenters. The minimum absolute atomic E-state index is 0.294. The molecular formula is C14H20O2. The number of para-hydroxylation sites is 1. The smallest absolute Gasteiger partial charge is 0.122 e. The molecule has 2 heteroatoms. The Morgan fingerprint density at radius 2 is 2.12 bits per heavy atom. The molecule has 1 aromatic rings. The van der Waals surface area contributed by atoms with Crippen molar-refractivity contribution in [1.82, 2.24) is 0 Å². The highest BCUT2D eigenvalue weighted by atomic mass is 16.5. The van der Waals surface area contributed by atoms with Gasteiger partial charge in [0.2, 0.25) is 0 Å². The zero-order chi connectivity index (χ0) is 11.4. The lowest BCUT2D eigenvalue weighted by Crippen LogP contribution is -2.26. The fourth-order valence-corrected chi connectivity index (χ4v) is 2.45. The SMILES string of the molecule is COc1ccccc1CC(CO)C1CCC1. The molecule has 2 rings (SSSR count). The maximum Gasteiger partial charge on any atom is 0.122 e. The van der Waals surface area contributed by atoms with Gasteiger partial charge in [-0.15, -0.1) is 0 Å². The van der Waals surface area contributed by atoms with Crippen molar-refractivity contribution in [3.8, 4) is 5.75 Å². The summed E-state index contributed by atoms with van der Waals surface area (Å²) in [6.07, 6.45) is 4.82. The summed E-state index contributed by atoms with van der Waals surface area (Å²) in [5.41, 5.74) is 1.22. The van der Waals surface area contributed by atoms with E-state index in [2.05, 4.69) is 6.07 Å². The molecule has 0 aliphatic heterocycles. The molecule has 0 radical (unpaired) electrons. The largest absolute Gasteiger partial charge is 0.496 e. The topological polar surface area (TPSA) is 29.5 Å². The molecule has 0 saturated heterocycles. The van der Waals surface area contributed by atoms with Crippen LogP contribution in [0, 0.1) is 11.8 Å². The second kappa shape index (κ2) is 5.35. The van der Waals surface area contributed by atoms with Gasteiger partial charge in [-0.1, -0.05) is 37.5 Å². The molecular weight excluding hydrogens is 200 g/mol. The van der Waals surface area contributed by atoms with Gasteiger partial charge in [-0.05, 0) is 29.9 Å². The van der Waals surface area contributed by atoms with Crippen LogP contribution in [0.4, 0.5) is 0 Å². The van der Waals surface area contributed by atoms with E-state index in [0.29, 0.717) is 12.5 Å². The van der Waals surface area contributed by atoms with Gasteiger partial charge in [0.15, 0.2) is 0 Å². The van der Waals surface area contributed by atoms with E-state index in [1.54, 1.807) is 7.11 Å². The molecule has 0 heterocycles. The summed E-state index contributed by atoms with van der Waals surface area (Å²) < 4.78 is 5.34. The minimum atomic E-state index is 0.294. The van der Waals surface area contributed by atoms with Crippen LogP contribution in [0.25, 0.3) is 0 Å². The second-order valence-electron chi connectivity index (χ2n) is 4.65. The number of aliphatic hydroxyl groups excluding tert-OH is 1. The lowest BCUT2D eigenvalue weighted by molar-refractivity contribution is 0.123. The maximum absolute atomic E-state index is 9.45. The molecule has 1 aliphatic rings. The number of ether oxygens (including phenoxy) is 1. The lowest BCUT2D eigenvalue weighted by Gasteiger charge is -2.33. The maximum atomic E-state index is 9.45. The molecule has 16 heavy (non-hydrogen) atoms. The molecule has 1 atom stereocenters. The van der Waals surface area contributed by atoms with Crippen LogP contribution in [0.1, 0.15) is 24.8 Å². The predicted octanol–water partition coefficient (Wildman–Crippen LogP) is 2.65. The van der Waals surface area contributed by atoms with Crippen LogP contribution < -0.4 is 4.74 Å². The monoisotopic (exact) mass is 220 g/mol. The third-order valence-corrected chi connectivity index (χ3v) is 3.73. The van der Waals surface area contributed by atoms with E-state index in [0.717, 1.165) is 18.1 Å². The normalized spacial score (nSPS) is 17.9. The number of aliphatic hydroxyl groups is 1. The Morgan fingerprint density at radius 3 is 2.69 bits per heavy atom. The summed E-state index contributed by atoms with van der Waals surface area (Å²) in [7, 11) is 1.70. The summed E-state index contributed by atoms with van der Waals surface area (Å²) in [5, 5.41) is 9.45. The van der Waals surface area contributed by atoms with E-state index in [-0.39, 0.29) is 0 Å². The van der Waals surface area contributed by atoms with Crippen molar-refractivity contribution in [3.63, 3.8) is 0 Å². The number of hydrogen-bond acceptors (Lipinski definition) is 2. The van der Waals surface area contributed by atoms with Crippen LogP contribution in [-0.2, 0) is 6.42 Å². The van der Waals surface area contributed by atoms with Gasteiger partial charge in [-0.2, -0.15) is 0 Å². The predicted molar refractivity (Wildman–Crippen MR) is 64.6 cm³/mol. The van der Waals surface area contributed by atoms with Gasteiger partial charge in [-0.3, -0.25) is 0 Å². The molecule has 1 N–H and O–H groups in total. The molecule has 1 fully saturated rings. The summed E-state index contributed by atoms with van der Waals surface area (Å²) in [6.45, 7) is 0.294. The van der Waals surface area contributed by atoms with Gasteiger partial charge in [-0.25, -0.2) is 0 Å². The molecule has 1 saturated carbocycles. The summed E-state index contributed by atoms with van der Waals surface area (Å²) in [6, 6.07) is 8.11. The average molecular weight is 220 g/mol. The third kappa shape index (κ3) is 2.38. The van der Waals surface area contributed by atoms with Crippen molar-refractivity contribution >= 4 is 0 Å². The highest BCUT2D eigenvalue weighted by Gasteiger charge is 2.27. The molecule has 0 bridgehead atoms. The zero-order valence-electron chi connectivity index (χ0n) is 9.86. The van der Waals surface area contributed by atoms with Crippen LogP contribution in [0.15, 0.2) is 24.3 Å². The van der Waals surface area contributed by atoms with E-state index in [1.807, 2.05) is 18.2 Å². The third-order valence-electron chi connectivity index (χ3n) is 3.73. The Labute approximate surface area is 97.3 Å². The molecule has 1 aliphatic carbocycles.